The van der Waals surface area contributed by atoms with Crippen molar-refractivity contribution in [2.45, 2.75) is 133 Å². The highest BCUT2D eigenvalue weighted by Gasteiger charge is 2.94. The predicted molar refractivity (Wildman–Crippen MR) is 147 cm³/mol. The summed E-state index contributed by atoms with van der Waals surface area (Å²) in [7, 11) is -0.343. The van der Waals surface area contributed by atoms with Crippen molar-refractivity contribution < 1.29 is 29.1 Å². The highest BCUT2D eigenvalue weighted by molar-refractivity contribution is 6.47. The van der Waals surface area contributed by atoms with Crippen LogP contribution in [0.15, 0.2) is 0 Å². The number of hydrogen-bond donors (Lipinski definition) is 3. The Bertz CT molecular complexity index is 1130. The van der Waals surface area contributed by atoms with Crippen molar-refractivity contribution in [1.82, 2.24) is 10.2 Å². The lowest BCUT2D eigenvalue weighted by Crippen LogP contribution is -2.97. The van der Waals surface area contributed by atoms with Crippen LogP contribution in [0.5, 0.6) is 0 Å². The van der Waals surface area contributed by atoms with Crippen LogP contribution in [0.1, 0.15) is 91.9 Å². The molecule has 2 saturated heterocycles. The zero-order valence-electron chi connectivity index (χ0n) is 24.6. The van der Waals surface area contributed by atoms with E-state index in [0.717, 1.165) is 63.3 Å². The Morgan fingerprint density at radius 2 is 1.90 bits per heavy atom. The molecule has 4 bridgehead atoms. The highest BCUT2D eigenvalue weighted by atomic mass is 16.6. The van der Waals surface area contributed by atoms with Gasteiger partial charge in [0, 0.05) is 18.4 Å². The van der Waals surface area contributed by atoms with Crippen LogP contribution in [0.3, 0.4) is 0 Å². The van der Waals surface area contributed by atoms with E-state index in [1.54, 1.807) is 0 Å². The summed E-state index contributed by atoms with van der Waals surface area (Å²) in [4.78, 5) is 15.4. The van der Waals surface area contributed by atoms with Crippen LogP contribution in [-0.4, -0.2) is 76.0 Å². The molecule has 40 heavy (non-hydrogen) atoms. The first-order valence-corrected chi connectivity index (χ1v) is 16.3. The molecule has 12 atom stereocenters. The second-order valence-corrected chi connectivity index (χ2v) is 17.1. The molecule has 0 aromatic carbocycles. The lowest BCUT2D eigenvalue weighted by atomic mass is 9.13. The molecule has 8 saturated carbocycles. The summed E-state index contributed by atoms with van der Waals surface area (Å²) in [6.07, 6.45) is 8.82. The summed E-state index contributed by atoms with van der Waals surface area (Å²) in [5.41, 5.74) is -1.19. The highest BCUT2D eigenvalue weighted by Crippen LogP contribution is 2.92. The van der Waals surface area contributed by atoms with E-state index in [-0.39, 0.29) is 24.1 Å². The number of amides is 1. The van der Waals surface area contributed by atoms with Crippen molar-refractivity contribution in [2.75, 3.05) is 6.54 Å². The number of hydrogen-bond acceptors (Lipinski definition) is 7. The van der Waals surface area contributed by atoms with E-state index >= 15 is 0 Å². The van der Waals surface area contributed by atoms with Crippen molar-refractivity contribution in [1.29, 1.82) is 0 Å². The minimum atomic E-state index is -0.892. The van der Waals surface area contributed by atoms with E-state index < -0.39 is 29.6 Å². The van der Waals surface area contributed by atoms with Gasteiger partial charge in [-0.15, -0.1) is 0 Å². The minimum Gasteiger partial charge on any atom is -0.444 e. The maximum atomic E-state index is 13.3. The molecule has 1 amide bonds. The second-order valence-electron chi connectivity index (χ2n) is 17.1. The summed E-state index contributed by atoms with van der Waals surface area (Å²) in [6, 6.07) is -0.522. The van der Waals surface area contributed by atoms with Gasteiger partial charge in [0.15, 0.2) is 0 Å². The number of nitrogens with zero attached hydrogens (tertiary/aromatic N) is 1. The van der Waals surface area contributed by atoms with Gasteiger partial charge in [0.1, 0.15) is 11.8 Å². The summed E-state index contributed by atoms with van der Waals surface area (Å²) < 4.78 is 19.4. The molecule has 0 radical (unpaired) electrons. The monoisotopic (exact) mass is 554 g/mol. The van der Waals surface area contributed by atoms with Crippen molar-refractivity contribution in [2.24, 2.45) is 46.3 Å². The molecule has 2 heterocycles. The Morgan fingerprint density at radius 3 is 2.58 bits per heavy atom. The normalized spacial score (nSPS) is 56.1. The maximum Gasteiger partial charge on any atom is 0.476 e. The Hall–Kier alpha value is -0.865. The Labute approximate surface area is 238 Å². The number of carbonyl (C=O) groups excluding carboxylic acids is 1. The Balaban J connectivity index is 1.00. The molecule has 8 aliphatic carbocycles. The predicted octanol–water partition coefficient (Wildman–Crippen LogP) is 3.48. The van der Waals surface area contributed by atoms with E-state index in [4.69, 9.17) is 14.0 Å². The van der Waals surface area contributed by atoms with Crippen LogP contribution >= 0.6 is 0 Å². The fourth-order valence-corrected chi connectivity index (χ4v) is 13.4. The van der Waals surface area contributed by atoms with Crippen LogP contribution < -0.4 is 5.32 Å². The summed E-state index contributed by atoms with van der Waals surface area (Å²) in [5.74, 6) is 3.74. The zero-order chi connectivity index (χ0) is 27.6. The fourth-order valence-electron chi connectivity index (χ4n) is 13.4. The van der Waals surface area contributed by atoms with Crippen LogP contribution in [0.25, 0.3) is 0 Å². The number of aliphatic hydroxyl groups excluding tert-OH is 1. The molecule has 10 fully saturated rings. The van der Waals surface area contributed by atoms with Gasteiger partial charge in [0.2, 0.25) is 0 Å². The van der Waals surface area contributed by atoms with Gasteiger partial charge < -0.3 is 29.6 Å². The number of fused-ring (bicyclic) bond motifs is 2. The first-order chi connectivity index (χ1) is 18.9. The van der Waals surface area contributed by atoms with E-state index in [1.807, 2.05) is 20.8 Å². The van der Waals surface area contributed by atoms with Crippen LogP contribution in [-0.2, 0) is 14.0 Å². The smallest absolute Gasteiger partial charge is 0.444 e. The molecule has 1 spiro atoms. The van der Waals surface area contributed by atoms with Crippen molar-refractivity contribution in [3.63, 3.8) is 0 Å². The average Bonchev–Trinajstić information content (AvgIpc) is 3.28. The summed E-state index contributed by atoms with van der Waals surface area (Å²) in [5, 5.41) is 27.1. The molecule has 0 aromatic rings. The molecule has 8 unspecified atom stereocenters. The molecule has 2 aliphatic heterocycles. The Kier molecular flexibility index (Phi) is 4.87. The summed E-state index contributed by atoms with van der Waals surface area (Å²) >= 11 is 0. The third kappa shape index (κ3) is 3.00. The van der Waals surface area contributed by atoms with E-state index in [2.05, 4.69) is 17.1 Å². The number of alkyl carbamates (subject to hydrolysis) is 1. The Morgan fingerprint density at radius 1 is 1.15 bits per heavy atom. The van der Waals surface area contributed by atoms with Gasteiger partial charge in [0.25, 0.3) is 0 Å². The van der Waals surface area contributed by atoms with E-state index in [1.165, 1.54) is 12.8 Å². The van der Waals surface area contributed by atoms with Gasteiger partial charge in [-0.2, -0.15) is 0 Å². The minimum absolute atomic E-state index is 0.0424. The lowest BCUT2D eigenvalue weighted by molar-refractivity contribution is -0.498. The SMILES string of the molecule is CC(C)(C)OC(=O)N[C@H](C(O)N1CCC[C@H]1B1O[C@@H]2C3CC4CC5C43C2[C@@]5(C)O1)C12CC3CC(CC(O)(C3)C1)C2. The fraction of sp³-hybridized carbons (Fsp3) is 0.968. The first kappa shape index (κ1) is 25.6. The summed E-state index contributed by atoms with van der Waals surface area (Å²) in [6.45, 7) is 8.69. The maximum absolute atomic E-state index is 13.3. The van der Waals surface area contributed by atoms with Crippen molar-refractivity contribution >= 4 is 13.2 Å². The quantitative estimate of drug-likeness (QED) is 0.448. The average molecular weight is 555 g/mol. The number of carbonyl (C=O) groups is 1. The van der Waals surface area contributed by atoms with E-state index in [9.17, 15) is 15.0 Å². The molecule has 0 aromatic heterocycles. The van der Waals surface area contributed by atoms with Gasteiger partial charge in [-0.3, -0.25) is 4.90 Å². The number of rotatable bonds is 5. The molecular weight excluding hydrogens is 507 g/mol. The molecule has 8 nitrogen and oxygen atoms in total. The molecular formula is C31H47BN2O6. The number of nitrogens with one attached hydrogen (secondary N) is 1. The van der Waals surface area contributed by atoms with Gasteiger partial charge in [-0.05, 0) is 132 Å². The molecule has 220 valence electrons. The standard InChI is InChI=1S/C31H47BN2O6/c1-27(2,3)38-26(36)33-24(29-11-16-8-17(12-29)14-30(37,13-16)15-29)25(35)34-7-5-6-21(34)32-39-22-19-9-18-10-20-28(4,40-32)23(22)31(18,19)20/h16-25,35,37H,5-15H2,1-4H3,(H,33,36)/t16?,17?,18?,19?,20?,21-,22+,23?,24+,25?,28-,29?,30?,31?/m0/s1. The topological polar surface area (TPSA) is 100 Å². The van der Waals surface area contributed by atoms with Crippen LogP contribution in [0.2, 0.25) is 0 Å². The first-order valence-electron chi connectivity index (χ1n) is 16.3. The van der Waals surface area contributed by atoms with Gasteiger partial charge in [-0.25, -0.2) is 4.79 Å². The second kappa shape index (κ2) is 7.61. The molecule has 9 heteroatoms. The van der Waals surface area contributed by atoms with Crippen molar-refractivity contribution in [3.8, 4) is 0 Å². The van der Waals surface area contributed by atoms with Gasteiger partial charge in [-0.1, -0.05) is 0 Å². The van der Waals surface area contributed by atoms with Crippen molar-refractivity contribution in [3.05, 3.63) is 0 Å². The molecule has 10 rings (SSSR count). The molecule has 10 aliphatic rings. The third-order valence-electron chi connectivity index (χ3n) is 13.9. The van der Waals surface area contributed by atoms with Gasteiger partial charge >= 0.3 is 13.2 Å². The zero-order valence-corrected chi connectivity index (χ0v) is 24.6. The molecule has 3 N–H and O–H groups in total. The van der Waals surface area contributed by atoms with Crippen LogP contribution in [0.4, 0.5) is 4.79 Å². The number of aliphatic hydroxyl groups is 2. The van der Waals surface area contributed by atoms with Gasteiger partial charge in [0.05, 0.1) is 23.3 Å². The van der Waals surface area contributed by atoms with Crippen LogP contribution in [0, 0.1) is 46.3 Å². The number of ether oxygens (including phenoxy) is 1. The number of likely N-dealkylation sites (tertiary alicyclic amines) is 1. The largest absolute Gasteiger partial charge is 0.476 e. The van der Waals surface area contributed by atoms with E-state index in [0.29, 0.717) is 41.6 Å². The third-order valence-corrected chi connectivity index (χ3v) is 13.9. The lowest BCUT2D eigenvalue weighted by Gasteiger charge is -2.94.